The van der Waals surface area contributed by atoms with Crippen LogP contribution in [0.5, 0.6) is 0 Å². The van der Waals surface area contributed by atoms with Gasteiger partial charge in [-0.3, -0.25) is 4.98 Å². The number of pyridine rings is 1. The average Bonchev–Trinajstić information content (AvgIpc) is 3.65. The Balaban J connectivity index is 0.979. The molecular formula is C69H54N4. The predicted octanol–water partition coefficient (Wildman–Crippen LogP) is 17.9. The molecule has 4 nitrogen and oxygen atoms in total. The van der Waals surface area contributed by atoms with Gasteiger partial charge in [-0.15, -0.1) is 0 Å². The fourth-order valence-corrected chi connectivity index (χ4v) is 11.1. The Labute approximate surface area is 428 Å². The number of hydrogen-bond donors (Lipinski definition) is 0. The Morgan fingerprint density at radius 3 is 0.986 bits per heavy atom. The van der Waals surface area contributed by atoms with Crippen LogP contribution in [-0.4, -0.2) is 19.9 Å². The Hall–Kier alpha value is -8.86. The third kappa shape index (κ3) is 9.20. The van der Waals surface area contributed by atoms with Crippen molar-refractivity contribution in [2.24, 2.45) is 0 Å². The normalized spacial score (nSPS) is 13.4. The van der Waals surface area contributed by atoms with Crippen molar-refractivity contribution in [2.45, 2.75) is 44.9 Å². The van der Waals surface area contributed by atoms with Crippen LogP contribution in [0.2, 0.25) is 0 Å². The summed E-state index contributed by atoms with van der Waals surface area (Å²) in [7, 11) is 0. The molecule has 0 saturated heterocycles. The lowest BCUT2D eigenvalue weighted by molar-refractivity contribution is 0.403. The minimum absolute atomic E-state index is 0.0881. The molecule has 11 aromatic rings. The number of hydrogen-bond acceptors (Lipinski definition) is 4. The minimum Gasteiger partial charge on any atom is -0.255 e. The fourth-order valence-electron chi connectivity index (χ4n) is 11.1. The van der Waals surface area contributed by atoms with Crippen molar-refractivity contribution in [2.75, 3.05) is 0 Å². The SMILES string of the molecule is CC1(C)CC(C)(C)c2cc(-c3ccc(-c4nc(-c5cccc(-c6cc(-c7ccccc7)cc(-c7ccccc7)c6)c5)nc(-c5cccc(-c6cc(-c7ccccc7)cc(-c7ccccc7)c6)c5)n4)cn3)ccc21. The fraction of sp³-hybridized carbons (Fsp3) is 0.101. The molecule has 73 heavy (non-hydrogen) atoms. The van der Waals surface area contributed by atoms with Gasteiger partial charge in [0.05, 0.1) is 5.69 Å². The first-order chi connectivity index (χ1) is 35.6. The quantitative estimate of drug-likeness (QED) is 0.137. The van der Waals surface area contributed by atoms with Gasteiger partial charge in [0.25, 0.3) is 0 Å². The molecule has 4 heteroatoms. The van der Waals surface area contributed by atoms with Gasteiger partial charge in [0.2, 0.25) is 0 Å². The molecule has 0 saturated carbocycles. The lowest BCUT2D eigenvalue weighted by Crippen LogP contribution is -2.17. The van der Waals surface area contributed by atoms with Crippen molar-refractivity contribution in [1.82, 2.24) is 19.9 Å². The molecule has 0 N–H and O–H groups in total. The Kier molecular flexibility index (Phi) is 11.6. The standard InChI is InChI=1S/C69H54N4/c1-68(2)45-69(3,4)63-43-52(31-33-62(63)68)64-34-32-55(44-70-64)67-72-65(53-29-17-27-50(35-53)60-39-56(46-19-9-5-10-20-46)37-57(40-60)47-21-11-6-12-22-47)71-66(73-67)54-30-18-28-51(36-54)61-41-58(48-23-13-7-14-24-48)38-59(42-61)49-25-15-8-16-26-49/h5-44H,45H2,1-4H3. The summed E-state index contributed by atoms with van der Waals surface area (Å²) in [6.45, 7) is 9.42. The minimum atomic E-state index is 0.0881. The maximum atomic E-state index is 5.31. The molecule has 2 heterocycles. The zero-order valence-corrected chi connectivity index (χ0v) is 41.6. The maximum Gasteiger partial charge on any atom is 0.165 e. The Morgan fingerprint density at radius 2 is 0.589 bits per heavy atom. The molecular weight excluding hydrogens is 885 g/mol. The summed E-state index contributed by atoms with van der Waals surface area (Å²) in [5, 5.41) is 0. The second-order valence-electron chi connectivity index (χ2n) is 20.7. The van der Waals surface area contributed by atoms with E-state index in [0.29, 0.717) is 17.5 Å². The molecule has 1 aliphatic rings. The molecule has 12 rings (SSSR count). The smallest absolute Gasteiger partial charge is 0.165 e. The van der Waals surface area contributed by atoms with Gasteiger partial charge in [-0.25, -0.2) is 15.0 Å². The summed E-state index contributed by atoms with van der Waals surface area (Å²) in [4.78, 5) is 20.9. The van der Waals surface area contributed by atoms with Gasteiger partial charge >= 0.3 is 0 Å². The molecule has 0 fully saturated rings. The average molecular weight is 939 g/mol. The van der Waals surface area contributed by atoms with E-state index in [4.69, 9.17) is 19.9 Å². The maximum absolute atomic E-state index is 5.31. The van der Waals surface area contributed by atoms with E-state index in [1.807, 2.05) is 6.20 Å². The topological polar surface area (TPSA) is 51.6 Å². The van der Waals surface area contributed by atoms with Crippen molar-refractivity contribution in [3.63, 3.8) is 0 Å². The van der Waals surface area contributed by atoms with E-state index < -0.39 is 0 Å². The van der Waals surface area contributed by atoms with Crippen LogP contribution in [0.15, 0.2) is 243 Å². The lowest BCUT2D eigenvalue weighted by atomic mass is 9.82. The molecule has 1 aliphatic carbocycles. The van der Waals surface area contributed by atoms with Gasteiger partial charge in [0, 0.05) is 28.5 Å². The van der Waals surface area contributed by atoms with Gasteiger partial charge in [-0.2, -0.15) is 0 Å². The van der Waals surface area contributed by atoms with Crippen LogP contribution in [0.4, 0.5) is 0 Å². The van der Waals surface area contributed by atoms with Crippen LogP contribution in [0.25, 0.3) is 112 Å². The van der Waals surface area contributed by atoms with Gasteiger partial charge in [-0.1, -0.05) is 198 Å². The highest BCUT2D eigenvalue weighted by molar-refractivity contribution is 5.85. The second kappa shape index (κ2) is 18.7. The number of aromatic nitrogens is 4. The summed E-state index contributed by atoms with van der Waals surface area (Å²) < 4.78 is 0. The molecule has 0 unspecified atom stereocenters. The molecule has 0 atom stereocenters. The molecule has 0 spiro atoms. The number of nitrogens with zero attached hydrogens (tertiary/aromatic N) is 4. The Morgan fingerprint density at radius 1 is 0.260 bits per heavy atom. The first-order valence-electron chi connectivity index (χ1n) is 25.2. The van der Waals surface area contributed by atoms with E-state index in [2.05, 4.69) is 264 Å². The summed E-state index contributed by atoms with van der Waals surface area (Å²) >= 11 is 0. The van der Waals surface area contributed by atoms with E-state index in [1.165, 1.54) is 33.4 Å². The molecule has 0 amide bonds. The molecule has 0 radical (unpaired) electrons. The third-order valence-corrected chi connectivity index (χ3v) is 14.5. The summed E-state index contributed by atoms with van der Waals surface area (Å²) in [5.41, 5.74) is 21.3. The van der Waals surface area contributed by atoms with Crippen molar-refractivity contribution < 1.29 is 0 Å². The highest BCUT2D eigenvalue weighted by Gasteiger charge is 2.41. The van der Waals surface area contributed by atoms with Gasteiger partial charge < -0.3 is 0 Å². The van der Waals surface area contributed by atoms with Crippen LogP contribution < -0.4 is 0 Å². The van der Waals surface area contributed by atoms with Crippen LogP contribution in [0.1, 0.15) is 45.2 Å². The molecule has 0 bridgehead atoms. The third-order valence-electron chi connectivity index (χ3n) is 14.5. The largest absolute Gasteiger partial charge is 0.255 e. The highest BCUT2D eigenvalue weighted by Crippen LogP contribution is 2.50. The van der Waals surface area contributed by atoms with Crippen LogP contribution in [0.3, 0.4) is 0 Å². The zero-order valence-electron chi connectivity index (χ0n) is 41.6. The van der Waals surface area contributed by atoms with E-state index >= 15 is 0 Å². The van der Waals surface area contributed by atoms with E-state index in [1.54, 1.807) is 0 Å². The molecule has 0 aliphatic heterocycles. The second-order valence-corrected chi connectivity index (χ2v) is 20.7. The summed E-state index contributed by atoms with van der Waals surface area (Å²) in [5.74, 6) is 1.72. The van der Waals surface area contributed by atoms with Crippen molar-refractivity contribution in [3.05, 3.63) is 254 Å². The van der Waals surface area contributed by atoms with Crippen LogP contribution in [0, 0.1) is 0 Å². The molecule has 2 aromatic heterocycles. The van der Waals surface area contributed by atoms with Gasteiger partial charge in [0.15, 0.2) is 17.5 Å². The van der Waals surface area contributed by atoms with Gasteiger partial charge in [-0.05, 0) is 162 Å². The van der Waals surface area contributed by atoms with E-state index in [-0.39, 0.29) is 10.8 Å². The first kappa shape index (κ1) is 45.3. The molecule has 350 valence electrons. The monoisotopic (exact) mass is 938 g/mol. The Bertz CT molecular complexity index is 3480. The first-order valence-corrected chi connectivity index (χ1v) is 25.2. The van der Waals surface area contributed by atoms with Crippen molar-refractivity contribution in [3.8, 4) is 112 Å². The van der Waals surface area contributed by atoms with Crippen LogP contribution in [-0.2, 0) is 10.8 Å². The number of benzene rings is 9. The molecule has 9 aromatic carbocycles. The predicted molar refractivity (Wildman–Crippen MR) is 303 cm³/mol. The summed E-state index contributed by atoms with van der Waals surface area (Å²) in [6.07, 6.45) is 3.03. The van der Waals surface area contributed by atoms with Crippen molar-refractivity contribution in [1.29, 1.82) is 0 Å². The summed E-state index contributed by atoms with van der Waals surface area (Å²) in [6, 6.07) is 84.3. The van der Waals surface area contributed by atoms with Crippen molar-refractivity contribution >= 4 is 0 Å². The number of rotatable bonds is 10. The van der Waals surface area contributed by atoms with Gasteiger partial charge in [0.1, 0.15) is 0 Å². The number of fused-ring (bicyclic) bond motifs is 1. The zero-order chi connectivity index (χ0) is 49.5. The highest BCUT2D eigenvalue weighted by atomic mass is 15.0. The lowest BCUT2D eigenvalue weighted by Gasteiger charge is -2.22. The van der Waals surface area contributed by atoms with E-state index in [9.17, 15) is 0 Å². The van der Waals surface area contributed by atoms with Crippen LogP contribution >= 0.6 is 0 Å². The van der Waals surface area contributed by atoms with E-state index in [0.717, 1.165) is 78.9 Å².